The summed E-state index contributed by atoms with van der Waals surface area (Å²) in [5.41, 5.74) is 2.88. The second kappa shape index (κ2) is 3.65. The fourth-order valence-electron chi connectivity index (χ4n) is 1.97. The van der Waals surface area contributed by atoms with Gasteiger partial charge in [-0.3, -0.25) is 9.40 Å². The quantitative estimate of drug-likeness (QED) is 0.660. The maximum Gasteiger partial charge on any atom is 0.0738 e. The lowest BCUT2D eigenvalue weighted by Gasteiger charge is -2.22. The van der Waals surface area contributed by atoms with E-state index in [1.165, 1.54) is 0 Å². The highest BCUT2D eigenvalue weighted by Crippen LogP contribution is 2.38. The molecular formula is C12H8Cl2N2. The monoisotopic (exact) mass is 250 g/mol. The molecule has 3 rings (SSSR count). The van der Waals surface area contributed by atoms with Crippen molar-refractivity contribution in [1.29, 1.82) is 0 Å². The lowest BCUT2D eigenvalue weighted by molar-refractivity contribution is 1.19. The van der Waals surface area contributed by atoms with E-state index in [4.69, 9.17) is 23.4 Å². The van der Waals surface area contributed by atoms with E-state index < -0.39 is 0 Å². The predicted molar refractivity (Wildman–Crippen MR) is 69.0 cm³/mol. The molecule has 0 radical (unpaired) electrons. The highest BCUT2D eigenvalue weighted by atomic mass is 35.5. The van der Waals surface area contributed by atoms with Crippen LogP contribution in [0.25, 0.3) is 17.0 Å². The third-order valence-corrected chi connectivity index (χ3v) is 3.29. The van der Waals surface area contributed by atoms with Gasteiger partial charge in [-0.1, -0.05) is 29.8 Å². The molecule has 0 unspecified atom stereocenters. The molecule has 0 atom stereocenters. The summed E-state index contributed by atoms with van der Waals surface area (Å²) in [6.07, 6.45) is 5.77. The molecule has 0 saturated carbocycles. The molecule has 0 amide bonds. The van der Waals surface area contributed by atoms with Gasteiger partial charge in [0.1, 0.15) is 0 Å². The molecule has 4 heteroatoms. The van der Waals surface area contributed by atoms with E-state index >= 15 is 0 Å². The van der Waals surface area contributed by atoms with E-state index in [1.54, 1.807) is 16.7 Å². The van der Waals surface area contributed by atoms with Crippen molar-refractivity contribution >= 4 is 46.0 Å². The van der Waals surface area contributed by atoms with Crippen molar-refractivity contribution in [3.8, 4) is 0 Å². The van der Waals surface area contributed by atoms with E-state index in [0.717, 1.165) is 22.2 Å². The smallest absolute Gasteiger partial charge is 0.0738 e. The zero-order chi connectivity index (χ0) is 11.1. The van der Waals surface area contributed by atoms with Crippen LogP contribution in [0.4, 0.5) is 5.69 Å². The first kappa shape index (κ1) is 9.94. The lowest BCUT2D eigenvalue weighted by Crippen LogP contribution is -2.14. The van der Waals surface area contributed by atoms with E-state index in [9.17, 15) is 0 Å². The van der Waals surface area contributed by atoms with Gasteiger partial charge in [0.25, 0.3) is 0 Å². The van der Waals surface area contributed by atoms with Gasteiger partial charge in [0.2, 0.25) is 0 Å². The maximum absolute atomic E-state index is 6.21. The molecule has 0 saturated heterocycles. The number of halogens is 2. The Hall–Kier alpha value is -1.25. The van der Waals surface area contributed by atoms with E-state index in [2.05, 4.69) is 11.1 Å². The molecule has 1 aliphatic rings. The molecule has 1 aromatic heterocycles. The summed E-state index contributed by atoms with van der Waals surface area (Å²) < 4.78 is 1.67. The van der Waals surface area contributed by atoms with E-state index in [1.807, 2.05) is 18.2 Å². The third-order valence-electron chi connectivity index (χ3n) is 2.67. The number of nitrogens with zero attached hydrogens (tertiary/aromatic N) is 2. The summed E-state index contributed by atoms with van der Waals surface area (Å²) in [4.78, 5) is 4.29. The normalized spacial score (nSPS) is 14.2. The van der Waals surface area contributed by atoms with Crippen LogP contribution in [-0.4, -0.2) is 11.5 Å². The molecule has 0 spiro atoms. The van der Waals surface area contributed by atoms with Crippen LogP contribution in [0.5, 0.6) is 0 Å². The Bertz CT molecular complexity index is 593. The molecule has 2 heterocycles. The zero-order valence-corrected chi connectivity index (χ0v) is 9.83. The van der Waals surface area contributed by atoms with Crippen molar-refractivity contribution in [3.63, 3.8) is 0 Å². The second-order valence-electron chi connectivity index (χ2n) is 3.64. The van der Waals surface area contributed by atoms with Crippen molar-refractivity contribution in [2.45, 2.75) is 0 Å². The van der Waals surface area contributed by atoms with E-state index in [-0.39, 0.29) is 0 Å². The minimum atomic E-state index is 0.679. The van der Waals surface area contributed by atoms with Gasteiger partial charge in [-0.25, -0.2) is 0 Å². The molecule has 1 aliphatic heterocycles. The lowest BCUT2D eigenvalue weighted by atomic mass is 10.0. The summed E-state index contributed by atoms with van der Waals surface area (Å²) in [5, 5.41) is 1.60. The fraction of sp³-hybridized carbons (Fsp3) is 0.0833. The van der Waals surface area contributed by atoms with Gasteiger partial charge in [0.15, 0.2) is 0 Å². The van der Waals surface area contributed by atoms with Crippen molar-refractivity contribution in [2.24, 2.45) is 0 Å². The van der Waals surface area contributed by atoms with Gasteiger partial charge in [-0.2, -0.15) is 0 Å². The number of benzene rings is 1. The van der Waals surface area contributed by atoms with Crippen LogP contribution in [0.1, 0.15) is 5.56 Å². The first-order valence-corrected chi connectivity index (χ1v) is 5.66. The standard InChI is InChI=1S/C12H8Cl2N2/c13-9-5-6-15-10-4-3-8-2-1-7-16(14)12(8)11(9)10/h1-6H,7H2. The van der Waals surface area contributed by atoms with Gasteiger partial charge in [0, 0.05) is 23.4 Å². The Morgan fingerprint density at radius 1 is 1.25 bits per heavy atom. The maximum atomic E-state index is 6.21. The number of pyridine rings is 1. The van der Waals surface area contributed by atoms with Crippen LogP contribution in [0.15, 0.2) is 30.5 Å². The van der Waals surface area contributed by atoms with Gasteiger partial charge in [-0.05, 0) is 17.7 Å². The first-order valence-electron chi connectivity index (χ1n) is 4.94. The highest BCUT2D eigenvalue weighted by molar-refractivity contribution is 6.38. The number of hydrogen-bond acceptors (Lipinski definition) is 2. The van der Waals surface area contributed by atoms with Crippen LogP contribution < -0.4 is 4.42 Å². The van der Waals surface area contributed by atoms with Crippen LogP contribution >= 0.6 is 23.4 Å². The largest absolute Gasteiger partial charge is 0.280 e. The Kier molecular flexibility index (Phi) is 2.27. The Morgan fingerprint density at radius 2 is 2.12 bits per heavy atom. The van der Waals surface area contributed by atoms with Crippen molar-refractivity contribution in [1.82, 2.24) is 4.98 Å². The second-order valence-corrected chi connectivity index (χ2v) is 4.45. The minimum absolute atomic E-state index is 0.679. The van der Waals surface area contributed by atoms with Crippen LogP contribution in [0.2, 0.25) is 5.02 Å². The molecule has 0 aliphatic carbocycles. The summed E-state index contributed by atoms with van der Waals surface area (Å²) in [6.45, 7) is 0.679. The predicted octanol–water partition coefficient (Wildman–Crippen LogP) is 3.88. The van der Waals surface area contributed by atoms with Gasteiger partial charge in [0.05, 0.1) is 22.8 Å². The van der Waals surface area contributed by atoms with Crippen molar-refractivity contribution < 1.29 is 0 Å². The molecule has 0 fully saturated rings. The van der Waals surface area contributed by atoms with Crippen LogP contribution in [0.3, 0.4) is 0 Å². The third kappa shape index (κ3) is 1.38. The topological polar surface area (TPSA) is 16.1 Å². The number of fused-ring (bicyclic) bond motifs is 3. The van der Waals surface area contributed by atoms with Crippen LogP contribution in [0, 0.1) is 0 Å². The molecular weight excluding hydrogens is 243 g/mol. The number of aromatic nitrogens is 1. The SMILES string of the molecule is Clc1ccnc2ccc3c(c12)N(Cl)CC=C3. The molecule has 1 aromatic carbocycles. The summed E-state index contributed by atoms with van der Waals surface area (Å²) >= 11 is 12.4. The number of anilines is 1. The van der Waals surface area contributed by atoms with Gasteiger partial charge in [-0.15, -0.1) is 0 Å². The molecule has 0 bridgehead atoms. The Morgan fingerprint density at radius 3 is 3.00 bits per heavy atom. The number of rotatable bonds is 0. The molecule has 0 N–H and O–H groups in total. The minimum Gasteiger partial charge on any atom is -0.280 e. The van der Waals surface area contributed by atoms with Crippen molar-refractivity contribution in [2.75, 3.05) is 11.0 Å². The van der Waals surface area contributed by atoms with Crippen molar-refractivity contribution in [3.05, 3.63) is 41.1 Å². The zero-order valence-electron chi connectivity index (χ0n) is 8.32. The van der Waals surface area contributed by atoms with Gasteiger partial charge < -0.3 is 0 Å². The van der Waals surface area contributed by atoms with Gasteiger partial charge >= 0.3 is 0 Å². The summed E-state index contributed by atoms with van der Waals surface area (Å²) in [6, 6.07) is 5.75. The highest BCUT2D eigenvalue weighted by Gasteiger charge is 2.16. The average molecular weight is 251 g/mol. The molecule has 2 aromatic rings. The summed E-state index contributed by atoms with van der Waals surface area (Å²) in [5.74, 6) is 0. The number of hydrogen-bond donors (Lipinski definition) is 0. The molecule has 16 heavy (non-hydrogen) atoms. The Labute approximate surface area is 103 Å². The van der Waals surface area contributed by atoms with E-state index in [0.29, 0.717) is 11.6 Å². The first-order chi connectivity index (χ1) is 7.77. The molecule has 2 nitrogen and oxygen atoms in total. The fourth-order valence-corrected chi connectivity index (χ4v) is 2.47. The average Bonchev–Trinajstić information content (AvgIpc) is 2.29. The summed E-state index contributed by atoms with van der Waals surface area (Å²) in [7, 11) is 0. The molecule has 80 valence electrons. The van der Waals surface area contributed by atoms with Crippen LogP contribution in [-0.2, 0) is 0 Å². The Balaban J connectivity index is 2.46.